The molecular formula is C21H29BrN2O4. The predicted molar refractivity (Wildman–Crippen MR) is 112 cm³/mol. The molecule has 0 spiro atoms. The molecule has 1 aromatic rings. The van der Waals surface area contributed by atoms with Gasteiger partial charge in [-0.05, 0) is 56.4 Å². The maximum Gasteiger partial charge on any atom is 0.306 e. The number of ether oxygens (including phenoxy) is 1. The number of nitrogens with one attached hydrogen (secondary N) is 2. The van der Waals surface area contributed by atoms with E-state index in [2.05, 4.69) is 26.6 Å². The molecule has 0 heterocycles. The summed E-state index contributed by atoms with van der Waals surface area (Å²) in [4.78, 5) is 35.7. The first kappa shape index (κ1) is 22.4. The third-order valence-corrected chi connectivity index (χ3v) is 5.75. The summed E-state index contributed by atoms with van der Waals surface area (Å²) in [5, 5.41) is 5.78. The van der Waals surface area contributed by atoms with Gasteiger partial charge >= 0.3 is 5.97 Å². The van der Waals surface area contributed by atoms with Crippen LogP contribution in [0, 0.1) is 13.8 Å². The molecule has 0 unspecified atom stereocenters. The molecule has 0 aromatic heterocycles. The molecule has 1 aliphatic carbocycles. The van der Waals surface area contributed by atoms with Crippen molar-refractivity contribution in [3.63, 3.8) is 0 Å². The second-order valence-corrected chi connectivity index (χ2v) is 8.24. The molecule has 6 nitrogen and oxygen atoms in total. The summed E-state index contributed by atoms with van der Waals surface area (Å²) in [7, 11) is 0. The lowest BCUT2D eigenvalue weighted by Crippen LogP contribution is -2.36. The zero-order valence-corrected chi connectivity index (χ0v) is 18.2. The number of hydrogen-bond donors (Lipinski definition) is 2. The van der Waals surface area contributed by atoms with Crippen molar-refractivity contribution >= 4 is 39.4 Å². The number of esters is 1. The topological polar surface area (TPSA) is 84.5 Å². The molecule has 2 rings (SSSR count). The van der Waals surface area contributed by atoms with E-state index < -0.39 is 5.97 Å². The number of carbonyl (C=O) groups is 3. The fourth-order valence-corrected chi connectivity index (χ4v) is 3.72. The van der Waals surface area contributed by atoms with Crippen LogP contribution in [0.2, 0.25) is 0 Å². The van der Waals surface area contributed by atoms with Crippen LogP contribution >= 0.6 is 15.9 Å². The Hall–Kier alpha value is -1.89. The lowest BCUT2D eigenvalue weighted by molar-refractivity contribution is -0.147. The van der Waals surface area contributed by atoms with Gasteiger partial charge in [0.25, 0.3) is 5.91 Å². The van der Waals surface area contributed by atoms with Crippen LogP contribution in [-0.4, -0.2) is 30.4 Å². The minimum Gasteiger partial charge on any atom is -0.456 e. The number of hydrogen-bond acceptors (Lipinski definition) is 4. The number of rotatable bonds is 8. The van der Waals surface area contributed by atoms with Crippen LogP contribution < -0.4 is 10.6 Å². The highest BCUT2D eigenvalue weighted by Crippen LogP contribution is 2.24. The van der Waals surface area contributed by atoms with Crippen LogP contribution in [0.15, 0.2) is 16.6 Å². The molecule has 2 N–H and O–H groups in total. The number of amides is 2. The van der Waals surface area contributed by atoms with Gasteiger partial charge in [-0.2, -0.15) is 0 Å². The van der Waals surface area contributed by atoms with Crippen molar-refractivity contribution in [1.82, 2.24) is 5.32 Å². The maximum atomic E-state index is 12.0. The van der Waals surface area contributed by atoms with Crippen molar-refractivity contribution in [3.05, 3.63) is 27.7 Å². The summed E-state index contributed by atoms with van der Waals surface area (Å²) >= 11 is 3.45. The fourth-order valence-electron chi connectivity index (χ4n) is 3.26. The Bertz CT molecular complexity index is 715. The first-order valence-electron chi connectivity index (χ1n) is 9.86. The summed E-state index contributed by atoms with van der Waals surface area (Å²) < 4.78 is 5.98. The Kier molecular flexibility index (Phi) is 8.96. The molecule has 0 atom stereocenters. The first-order chi connectivity index (χ1) is 13.3. The average molecular weight is 453 g/mol. The van der Waals surface area contributed by atoms with Crippen molar-refractivity contribution in [2.24, 2.45) is 0 Å². The number of aryl methyl sites for hydroxylation is 2. The molecule has 28 heavy (non-hydrogen) atoms. The van der Waals surface area contributed by atoms with E-state index in [1.165, 1.54) is 19.3 Å². The van der Waals surface area contributed by atoms with Gasteiger partial charge in [-0.15, -0.1) is 0 Å². The average Bonchev–Trinajstić information content (AvgIpc) is 2.65. The highest BCUT2D eigenvalue weighted by molar-refractivity contribution is 9.10. The van der Waals surface area contributed by atoms with Crippen LogP contribution in [0.25, 0.3) is 0 Å². The van der Waals surface area contributed by atoms with Crippen molar-refractivity contribution in [2.45, 2.75) is 71.3 Å². The Balaban J connectivity index is 1.63. The normalized spacial score (nSPS) is 14.4. The van der Waals surface area contributed by atoms with Gasteiger partial charge in [-0.1, -0.05) is 35.2 Å². The molecule has 2 amide bonds. The Morgan fingerprint density at radius 1 is 1.04 bits per heavy atom. The van der Waals surface area contributed by atoms with E-state index in [0.29, 0.717) is 18.5 Å². The predicted octanol–water partition coefficient (Wildman–Crippen LogP) is 4.17. The number of benzene rings is 1. The molecule has 1 fully saturated rings. The third-order valence-electron chi connectivity index (χ3n) is 4.90. The molecular weight excluding hydrogens is 424 g/mol. The minimum absolute atomic E-state index is 0.0153. The van der Waals surface area contributed by atoms with E-state index in [4.69, 9.17) is 4.74 Å². The van der Waals surface area contributed by atoms with E-state index >= 15 is 0 Å². The minimum atomic E-state index is -0.468. The molecule has 0 radical (unpaired) electrons. The van der Waals surface area contributed by atoms with Gasteiger partial charge in [0.05, 0.1) is 0 Å². The Morgan fingerprint density at radius 2 is 1.75 bits per heavy atom. The fraction of sp³-hybridized carbons (Fsp3) is 0.571. The standard InChI is InChI=1S/C21H29BrN2O4/c1-14-12-18(15(2)11-17(14)22)24-20(26)13-28-21(27)10-6-9-19(25)23-16-7-4-3-5-8-16/h11-12,16H,3-10,13H2,1-2H3,(H,23,25)(H,24,26). The van der Waals surface area contributed by atoms with E-state index in [0.717, 1.165) is 28.4 Å². The molecule has 1 aromatic carbocycles. The first-order valence-corrected chi connectivity index (χ1v) is 10.7. The van der Waals surface area contributed by atoms with Crippen LogP contribution in [0.3, 0.4) is 0 Å². The van der Waals surface area contributed by atoms with Crippen LogP contribution in [0.5, 0.6) is 0 Å². The quantitative estimate of drug-likeness (QED) is 0.579. The van der Waals surface area contributed by atoms with Crippen molar-refractivity contribution in [1.29, 1.82) is 0 Å². The van der Waals surface area contributed by atoms with Gasteiger partial charge in [0.15, 0.2) is 6.61 Å². The highest BCUT2D eigenvalue weighted by atomic mass is 79.9. The van der Waals surface area contributed by atoms with Crippen molar-refractivity contribution < 1.29 is 19.1 Å². The van der Waals surface area contributed by atoms with E-state index in [1.54, 1.807) is 0 Å². The highest BCUT2D eigenvalue weighted by Gasteiger charge is 2.16. The molecule has 7 heteroatoms. The third kappa shape index (κ3) is 7.62. The van der Waals surface area contributed by atoms with Gasteiger partial charge in [-0.3, -0.25) is 14.4 Å². The summed E-state index contributed by atoms with van der Waals surface area (Å²) in [6, 6.07) is 4.07. The van der Waals surface area contributed by atoms with E-state index in [-0.39, 0.29) is 30.9 Å². The Morgan fingerprint density at radius 3 is 2.46 bits per heavy atom. The van der Waals surface area contributed by atoms with Crippen LogP contribution in [-0.2, 0) is 19.1 Å². The summed E-state index contributed by atoms with van der Waals surface area (Å²) in [5.74, 6) is -0.865. The van der Waals surface area contributed by atoms with Gasteiger partial charge < -0.3 is 15.4 Å². The molecule has 1 saturated carbocycles. The van der Waals surface area contributed by atoms with Gasteiger partial charge in [0.2, 0.25) is 5.91 Å². The molecule has 1 aliphatic rings. The van der Waals surface area contributed by atoms with Gasteiger partial charge in [-0.25, -0.2) is 0 Å². The summed E-state index contributed by atoms with van der Waals surface area (Å²) in [6.45, 7) is 3.50. The van der Waals surface area contributed by atoms with Gasteiger partial charge in [0.1, 0.15) is 0 Å². The summed E-state index contributed by atoms with van der Waals surface area (Å²) in [5.41, 5.74) is 2.62. The Labute approximate surface area is 174 Å². The zero-order chi connectivity index (χ0) is 20.5. The number of halogens is 1. The van der Waals surface area contributed by atoms with Gasteiger partial charge in [0, 0.05) is 29.0 Å². The summed E-state index contributed by atoms with van der Waals surface area (Å²) in [6.07, 6.45) is 6.51. The monoisotopic (exact) mass is 452 g/mol. The van der Waals surface area contributed by atoms with Crippen LogP contribution in [0.1, 0.15) is 62.5 Å². The second-order valence-electron chi connectivity index (χ2n) is 7.38. The lowest BCUT2D eigenvalue weighted by atomic mass is 9.95. The van der Waals surface area contributed by atoms with E-state index in [9.17, 15) is 14.4 Å². The molecule has 0 bridgehead atoms. The number of carbonyl (C=O) groups excluding carboxylic acids is 3. The second kappa shape index (κ2) is 11.2. The maximum absolute atomic E-state index is 12.0. The van der Waals surface area contributed by atoms with Crippen LogP contribution in [0.4, 0.5) is 5.69 Å². The zero-order valence-electron chi connectivity index (χ0n) is 16.6. The van der Waals surface area contributed by atoms with Crippen molar-refractivity contribution in [3.8, 4) is 0 Å². The smallest absolute Gasteiger partial charge is 0.306 e. The lowest BCUT2D eigenvalue weighted by Gasteiger charge is -2.22. The SMILES string of the molecule is Cc1cc(NC(=O)COC(=O)CCCC(=O)NC2CCCCC2)c(C)cc1Br. The van der Waals surface area contributed by atoms with E-state index in [1.807, 2.05) is 26.0 Å². The molecule has 0 saturated heterocycles. The van der Waals surface area contributed by atoms with Crippen molar-refractivity contribution in [2.75, 3.05) is 11.9 Å². The largest absolute Gasteiger partial charge is 0.456 e. The molecule has 0 aliphatic heterocycles. The molecule has 154 valence electrons. The number of anilines is 1.